The number of carbonyl (C=O) groups is 2. The van der Waals surface area contributed by atoms with Crippen LogP contribution in [0.4, 0.5) is 5.69 Å². The van der Waals surface area contributed by atoms with E-state index in [1.54, 1.807) is 11.9 Å². The first-order valence-electron chi connectivity index (χ1n) is 6.32. The SMILES string of the molecule is CN1C(=O)CCOc2ccc(CCCC(=O)O)cc21. The van der Waals surface area contributed by atoms with E-state index >= 15 is 0 Å². The maximum absolute atomic E-state index is 11.8. The summed E-state index contributed by atoms with van der Waals surface area (Å²) < 4.78 is 5.53. The normalized spacial score (nSPS) is 14.6. The van der Waals surface area contributed by atoms with Crippen LogP contribution in [0.3, 0.4) is 0 Å². The first-order chi connectivity index (χ1) is 9.08. The zero-order chi connectivity index (χ0) is 13.8. The molecule has 102 valence electrons. The highest BCUT2D eigenvalue weighted by molar-refractivity contribution is 5.95. The summed E-state index contributed by atoms with van der Waals surface area (Å²) in [4.78, 5) is 23.8. The number of ether oxygens (including phenoxy) is 1. The van der Waals surface area contributed by atoms with Gasteiger partial charge in [0.2, 0.25) is 5.91 Å². The minimum atomic E-state index is -0.787. The zero-order valence-electron chi connectivity index (χ0n) is 10.9. The molecule has 2 rings (SSSR count). The van der Waals surface area contributed by atoms with Gasteiger partial charge in [0.15, 0.2) is 0 Å². The van der Waals surface area contributed by atoms with Crippen LogP contribution in [-0.4, -0.2) is 30.6 Å². The summed E-state index contributed by atoms with van der Waals surface area (Å²) in [5.41, 5.74) is 1.78. The lowest BCUT2D eigenvalue weighted by molar-refractivity contribution is -0.137. The molecule has 0 atom stereocenters. The van der Waals surface area contributed by atoms with E-state index < -0.39 is 5.97 Å². The van der Waals surface area contributed by atoms with Crippen molar-refractivity contribution < 1.29 is 19.4 Å². The van der Waals surface area contributed by atoms with Gasteiger partial charge >= 0.3 is 5.97 Å². The van der Waals surface area contributed by atoms with Crippen LogP contribution in [0.5, 0.6) is 5.75 Å². The highest BCUT2D eigenvalue weighted by atomic mass is 16.5. The van der Waals surface area contributed by atoms with Gasteiger partial charge in [-0.2, -0.15) is 0 Å². The molecular weight excluding hydrogens is 246 g/mol. The molecule has 0 unspecified atom stereocenters. The van der Waals surface area contributed by atoms with Crippen LogP contribution in [0.2, 0.25) is 0 Å². The van der Waals surface area contributed by atoms with Gasteiger partial charge in [0.1, 0.15) is 5.75 Å². The fourth-order valence-corrected chi connectivity index (χ4v) is 2.10. The van der Waals surface area contributed by atoms with Crippen LogP contribution in [0.15, 0.2) is 18.2 Å². The topological polar surface area (TPSA) is 66.8 Å². The number of aliphatic carboxylic acids is 1. The minimum absolute atomic E-state index is 0.0291. The van der Waals surface area contributed by atoms with Crippen LogP contribution >= 0.6 is 0 Å². The Morgan fingerprint density at radius 2 is 2.26 bits per heavy atom. The van der Waals surface area contributed by atoms with E-state index in [2.05, 4.69) is 0 Å². The van der Waals surface area contributed by atoms with Gasteiger partial charge in [-0.15, -0.1) is 0 Å². The second-order valence-corrected chi connectivity index (χ2v) is 4.60. The second-order valence-electron chi connectivity index (χ2n) is 4.60. The Morgan fingerprint density at radius 3 is 3.00 bits per heavy atom. The summed E-state index contributed by atoms with van der Waals surface area (Å²) in [5, 5.41) is 8.62. The number of hydrogen-bond donors (Lipinski definition) is 1. The van der Waals surface area contributed by atoms with Crippen molar-refractivity contribution >= 4 is 17.6 Å². The van der Waals surface area contributed by atoms with Gasteiger partial charge in [-0.1, -0.05) is 6.07 Å². The van der Waals surface area contributed by atoms with Gasteiger partial charge in [-0.05, 0) is 30.5 Å². The van der Waals surface area contributed by atoms with Gasteiger partial charge in [0, 0.05) is 13.5 Å². The molecule has 0 spiro atoms. The molecule has 1 aliphatic rings. The number of hydrogen-bond acceptors (Lipinski definition) is 3. The Kier molecular flexibility index (Phi) is 4.04. The number of nitrogens with zero attached hydrogens (tertiary/aromatic N) is 1. The number of amides is 1. The predicted octanol–water partition coefficient (Wildman–Crippen LogP) is 1.84. The van der Waals surface area contributed by atoms with Crippen LogP contribution in [0.1, 0.15) is 24.8 Å². The number of benzene rings is 1. The standard InChI is InChI=1S/C14H17NO4/c1-15-11-9-10(3-2-4-14(17)18)5-6-12(11)19-8-7-13(15)16/h5-6,9H,2-4,7-8H2,1H3,(H,17,18). The molecule has 5 nitrogen and oxygen atoms in total. The van der Waals surface area contributed by atoms with Gasteiger partial charge in [0.25, 0.3) is 0 Å². The first-order valence-corrected chi connectivity index (χ1v) is 6.32. The molecule has 1 aromatic carbocycles. The van der Waals surface area contributed by atoms with Crippen molar-refractivity contribution in [3.8, 4) is 5.75 Å². The molecule has 1 heterocycles. The third-order valence-corrected chi connectivity index (χ3v) is 3.19. The van der Waals surface area contributed by atoms with E-state index in [0.717, 1.165) is 11.3 Å². The second kappa shape index (κ2) is 5.73. The van der Waals surface area contributed by atoms with Crippen LogP contribution < -0.4 is 9.64 Å². The van der Waals surface area contributed by atoms with E-state index in [-0.39, 0.29) is 12.3 Å². The summed E-state index contributed by atoms with van der Waals surface area (Å²) in [6.07, 6.45) is 1.80. The number of carboxylic acids is 1. The van der Waals surface area contributed by atoms with Gasteiger partial charge in [-0.25, -0.2) is 0 Å². The Hall–Kier alpha value is -2.04. The molecule has 0 radical (unpaired) electrons. The maximum atomic E-state index is 11.8. The van der Waals surface area contributed by atoms with Crippen molar-refractivity contribution in [3.63, 3.8) is 0 Å². The summed E-state index contributed by atoms with van der Waals surface area (Å²) >= 11 is 0. The van der Waals surface area contributed by atoms with Crippen molar-refractivity contribution in [2.75, 3.05) is 18.6 Å². The Bertz CT molecular complexity index is 498. The van der Waals surface area contributed by atoms with Crippen molar-refractivity contribution in [1.29, 1.82) is 0 Å². The predicted molar refractivity (Wildman–Crippen MR) is 70.5 cm³/mol. The highest BCUT2D eigenvalue weighted by Gasteiger charge is 2.19. The molecule has 0 aliphatic carbocycles. The molecule has 0 bridgehead atoms. The number of anilines is 1. The van der Waals surface area contributed by atoms with Gasteiger partial charge in [0.05, 0.1) is 18.7 Å². The van der Waals surface area contributed by atoms with E-state index in [1.165, 1.54) is 0 Å². The molecule has 0 saturated carbocycles. The highest BCUT2D eigenvalue weighted by Crippen LogP contribution is 2.31. The average molecular weight is 263 g/mol. The van der Waals surface area contributed by atoms with Crippen LogP contribution in [0, 0.1) is 0 Å². The van der Waals surface area contributed by atoms with Crippen molar-refractivity contribution in [1.82, 2.24) is 0 Å². The third-order valence-electron chi connectivity index (χ3n) is 3.19. The van der Waals surface area contributed by atoms with E-state index in [9.17, 15) is 9.59 Å². The number of carboxylic acid groups (broad SMARTS) is 1. The van der Waals surface area contributed by atoms with E-state index in [0.29, 0.717) is 31.6 Å². The van der Waals surface area contributed by atoms with E-state index in [1.807, 2.05) is 18.2 Å². The third kappa shape index (κ3) is 3.24. The lowest BCUT2D eigenvalue weighted by Gasteiger charge is -2.17. The monoisotopic (exact) mass is 263 g/mol. The van der Waals surface area contributed by atoms with Crippen molar-refractivity contribution in [2.45, 2.75) is 25.7 Å². The quantitative estimate of drug-likeness (QED) is 0.900. The first kappa shape index (κ1) is 13.4. The van der Waals surface area contributed by atoms with Crippen molar-refractivity contribution in [2.24, 2.45) is 0 Å². The Morgan fingerprint density at radius 1 is 1.47 bits per heavy atom. The molecule has 1 aromatic rings. The largest absolute Gasteiger partial charge is 0.491 e. The van der Waals surface area contributed by atoms with Crippen molar-refractivity contribution in [3.05, 3.63) is 23.8 Å². The van der Waals surface area contributed by atoms with E-state index in [4.69, 9.17) is 9.84 Å². The maximum Gasteiger partial charge on any atom is 0.303 e. The Labute approximate surface area is 111 Å². The van der Waals surface area contributed by atoms with Gasteiger partial charge in [-0.3, -0.25) is 9.59 Å². The minimum Gasteiger partial charge on any atom is -0.491 e. The molecule has 1 N–H and O–H groups in total. The fourth-order valence-electron chi connectivity index (χ4n) is 2.10. The summed E-state index contributed by atoms with van der Waals surface area (Å²) in [5.74, 6) is -0.0536. The molecule has 0 saturated heterocycles. The lowest BCUT2D eigenvalue weighted by Crippen LogP contribution is -2.25. The summed E-state index contributed by atoms with van der Waals surface area (Å²) in [7, 11) is 1.73. The molecule has 19 heavy (non-hydrogen) atoms. The van der Waals surface area contributed by atoms with Crippen LogP contribution in [-0.2, 0) is 16.0 Å². The number of carbonyl (C=O) groups excluding carboxylic acids is 1. The molecule has 1 amide bonds. The molecular formula is C14H17NO4. The fraction of sp³-hybridized carbons (Fsp3) is 0.429. The summed E-state index contributed by atoms with van der Waals surface area (Å²) in [6.45, 7) is 0.397. The molecule has 1 aliphatic heterocycles. The average Bonchev–Trinajstić information content (AvgIpc) is 2.50. The Balaban J connectivity index is 2.14. The molecule has 5 heteroatoms. The number of rotatable bonds is 4. The smallest absolute Gasteiger partial charge is 0.303 e. The van der Waals surface area contributed by atoms with Crippen LogP contribution in [0.25, 0.3) is 0 Å². The number of fused-ring (bicyclic) bond motifs is 1. The van der Waals surface area contributed by atoms with Gasteiger partial charge < -0.3 is 14.7 Å². The summed E-state index contributed by atoms with van der Waals surface area (Å²) in [6, 6.07) is 5.67. The molecule has 0 fully saturated rings. The lowest BCUT2D eigenvalue weighted by atomic mass is 10.1. The number of aryl methyl sites for hydroxylation is 1. The molecule has 0 aromatic heterocycles. The zero-order valence-corrected chi connectivity index (χ0v) is 10.9.